The molecule has 0 fully saturated rings. The van der Waals surface area contributed by atoms with Crippen molar-refractivity contribution in [3.63, 3.8) is 0 Å². The van der Waals surface area contributed by atoms with Gasteiger partial charge in [-0.05, 0) is 37.6 Å². The van der Waals surface area contributed by atoms with Crippen molar-refractivity contribution in [1.29, 1.82) is 0 Å². The van der Waals surface area contributed by atoms with E-state index in [-0.39, 0.29) is 12.5 Å². The fourth-order valence-electron chi connectivity index (χ4n) is 2.49. The molecule has 0 aliphatic carbocycles. The van der Waals surface area contributed by atoms with E-state index in [1.807, 2.05) is 13.8 Å². The van der Waals surface area contributed by atoms with Gasteiger partial charge in [0.2, 0.25) is 11.9 Å². The summed E-state index contributed by atoms with van der Waals surface area (Å²) in [4.78, 5) is 20.2. The molecule has 3 aromatic rings. The highest BCUT2D eigenvalue weighted by atomic mass is 19.1. The number of carbonyl (C=O) groups is 1. The Kier molecular flexibility index (Phi) is 5.30. The minimum Gasteiger partial charge on any atom is -0.505 e. The Morgan fingerprint density at radius 2 is 2.15 bits per heavy atom. The number of nitrogens with zero attached hydrogens (tertiary/aromatic N) is 4. The van der Waals surface area contributed by atoms with Crippen LogP contribution in [-0.4, -0.2) is 37.3 Å². The number of amides is 1. The van der Waals surface area contributed by atoms with E-state index in [4.69, 9.17) is 0 Å². The SMILES string of the molecule is CCNC(=O)Cn1cc(Nc2ncc(C)c(-c3ccc(O)c(F)c3)n2)cn1. The molecular weight excluding hydrogens is 351 g/mol. The van der Waals surface area contributed by atoms with Crippen LogP contribution in [0.15, 0.2) is 36.8 Å². The van der Waals surface area contributed by atoms with Crippen LogP contribution in [0.2, 0.25) is 0 Å². The minimum atomic E-state index is -0.716. The Balaban J connectivity index is 1.79. The van der Waals surface area contributed by atoms with Crippen molar-refractivity contribution in [2.75, 3.05) is 11.9 Å². The number of phenolic OH excluding ortho intramolecular Hbond substituents is 1. The Morgan fingerprint density at radius 3 is 2.89 bits per heavy atom. The van der Waals surface area contributed by atoms with Crippen molar-refractivity contribution in [2.45, 2.75) is 20.4 Å². The first-order valence-electron chi connectivity index (χ1n) is 8.35. The number of carbonyl (C=O) groups excluding carboxylic acids is 1. The second-order valence-corrected chi connectivity index (χ2v) is 5.90. The zero-order valence-corrected chi connectivity index (χ0v) is 14.9. The van der Waals surface area contributed by atoms with Crippen LogP contribution in [0, 0.1) is 12.7 Å². The van der Waals surface area contributed by atoms with Crippen molar-refractivity contribution < 1.29 is 14.3 Å². The predicted octanol–water partition coefficient (Wildman–Crippen LogP) is 2.37. The van der Waals surface area contributed by atoms with E-state index in [1.54, 1.807) is 24.7 Å². The number of hydrogen-bond acceptors (Lipinski definition) is 6. The minimum absolute atomic E-state index is 0.113. The molecule has 0 unspecified atom stereocenters. The highest BCUT2D eigenvalue weighted by molar-refractivity contribution is 5.75. The first kappa shape index (κ1) is 18.3. The lowest BCUT2D eigenvalue weighted by Crippen LogP contribution is -2.27. The first-order chi connectivity index (χ1) is 13.0. The lowest BCUT2D eigenvalue weighted by Gasteiger charge is -2.08. The standard InChI is InChI=1S/C18H19FN6O2/c1-3-20-16(27)10-25-9-13(8-22-25)23-18-21-7-11(2)17(24-18)12-4-5-15(26)14(19)6-12/h4-9,26H,3,10H2,1-2H3,(H,20,27)(H,21,23,24). The molecule has 1 aromatic carbocycles. The van der Waals surface area contributed by atoms with Crippen molar-refractivity contribution in [3.05, 3.63) is 48.2 Å². The molecule has 140 valence electrons. The van der Waals surface area contributed by atoms with Gasteiger partial charge in [0.1, 0.15) is 6.54 Å². The monoisotopic (exact) mass is 370 g/mol. The Morgan fingerprint density at radius 1 is 1.33 bits per heavy atom. The summed E-state index contributed by atoms with van der Waals surface area (Å²) in [5.74, 6) is -0.952. The number of aromatic hydroxyl groups is 1. The topological polar surface area (TPSA) is 105 Å². The van der Waals surface area contributed by atoms with Gasteiger partial charge in [-0.2, -0.15) is 5.10 Å². The predicted molar refractivity (Wildman–Crippen MR) is 98.0 cm³/mol. The van der Waals surface area contributed by atoms with E-state index in [0.717, 1.165) is 5.56 Å². The molecule has 0 saturated heterocycles. The molecular formula is C18H19FN6O2. The average molecular weight is 370 g/mol. The zero-order valence-electron chi connectivity index (χ0n) is 14.9. The van der Waals surface area contributed by atoms with E-state index >= 15 is 0 Å². The van der Waals surface area contributed by atoms with Gasteiger partial charge in [-0.25, -0.2) is 14.4 Å². The second-order valence-electron chi connectivity index (χ2n) is 5.90. The average Bonchev–Trinajstić information content (AvgIpc) is 3.06. The number of hydrogen-bond donors (Lipinski definition) is 3. The van der Waals surface area contributed by atoms with Gasteiger partial charge in [0.15, 0.2) is 11.6 Å². The van der Waals surface area contributed by atoms with Gasteiger partial charge in [0, 0.05) is 24.5 Å². The van der Waals surface area contributed by atoms with Gasteiger partial charge >= 0.3 is 0 Å². The van der Waals surface area contributed by atoms with E-state index in [1.165, 1.54) is 16.8 Å². The third kappa shape index (κ3) is 4.38. The van der Waals surface area contributed by atoms with Crippen LogP contribution >= 0.6 is 0 Å². The molecule has 2 aromatic heterocycles. The molecule has 3 rings (SSSR count). The van der Waals surface area contributed by atoms with Gasteiger partial charge < -0.3 is 15.7 Å². The van der Waals surface area contributed by atoms with Crippen molar-refractivity contribution >= 4 is 17.5 Å². The molecule has 1 amide bonds. The number of phenols is 1. The number of nitrogens with one attached hydrogen (secondary N) is 2. The molecule has 9 heteroatoms. The summed E-state index contributed by atoms with van der Waals surface area (Å²) in [5, 5.41) is 19.2. The van der Waals surface area contributed by atoms with Gasteiger partial charge in [-0.3, -0.25) is 9.48 Å². The second kappa shape index (κ2) is 7.81. The summed E-state index contributed by atoms with van der Waals surface area (Å²) in [6.07, 6.45) is 4.84. The number of likely N-dealkylation sites (N-methyl/N-ethyl adjacent to an activating group) is 1. The van der Waals surface area contributed by atoms with Crippen molar-refractivity contribution in [3.8, 4) is 17.0 Å². The fourth-order valence-corrected chi connectivity index (χ4v) is 2.49. The smallest absolute Gasteiger partial charge is 0.241 e. The van der Waals surface area contributed by atoms with Gasteiger partial charge in [-0.15, -0.1) is 0 Å². The van der Waals surface area contributed by atoms with Crippen molar-refractivity contribution in [2.24, 2.45) is 0 Å². The van der Waals surface area contributed by atoms with Gasteiger partial charge in [-0.1, -0.05) is 0 Å². The summed E-state index contributed by atoms with van der Waals surface area (Å²) in [5.41, 5.74) is 2.45. The molecule has 2 heterocycles. The molecule has 0 saturated carbocycles. The van der Waals surface area contributed by atoms with E-state index in [0.29, 0.717) is 29.4 Å². The number of aromatic nitrogens is 4. The van der Waals surface area contributed by atoms with Gasteiger partial charge in [0.25, 0.3) is 0 Å². The number of aryl methyl sites for hydroxylation is 1. The molecule has 8 nitrogen and oxygen atoms in total. The van der Waals surface area contributed by atoms with Crippen molar-refractivity contribution in [1.82, 2.24) is 25.1 Å². The van der Waals surface area contributed by atoms with E-state index < -0.39 is 11.6 Å². The van der Waals surface area contributed by atoms with E-state index in [9.17, 15) is 14.3 Å². The highest BCUT2D eigenvalue weighted by Crippen LogP contribution is 2.26. The number of rotatable bonds is 6. The van der Waals surface area contributed by atoms with Crippen LogP contribution in [0.5, 0.6) is 5.75 Å². The molecule has 27 heavy (non-hydrogen) atoms. The molecule has 0 spiro atoms. The van der Waals surface area contributed by atoms with E-state index in [2.05, 4.69) is 25.7 Å². The summed E-state index contributed by atoms with van der Waals surface area (Å²) in [6, 6.07) is 4.09. The molecule has 3 N–H and O–H groups in total. The van der Waals surface area contributed by atoms with Crippen LogP contribution in [0.3, 0.4) is 0 Å². The lowest BCUT2D eigenvalue weighted by atomic mass is 10.1. The molecule has 0 radical (unpaired) electrons. The van der Waals surface area contributed by atoms with Crippen LogP contribution in [0.25, 0.3) is 11.3 Å². The number of halogens is 1. The van der Waals surface area contributed by atoms with Crippen LogP contribution in [-0.2, 0) is 11.3 Å². The normalized spacial score (nSPS) is 10.6. The maximum absolute atomic E-state index is 13.7. The number of anilines is 2. The highest BCUT2D eigenvalue weighted by Gasteiger charge is 2.11. The van der Waals surface area contributed by atoms with Crippen LogP contribution in [0.4, 0.5) is 16.0 Å². The van der Waals surface area contributed by atoms with Crippen LogP contribution < -0.4 is 10.6 Å². The third-order valence-corrected chi connectivity index (χ3v) is 3.76. The molecule has 0 bridgehead atoms. The lowest BCUT2D eigenvalue weighted by molar-refractivity contribution is -0.121. The summed E-state index contributed by atoms with van der Waals surface area (Å²) < 4.78 is 15.2. The number of benzene rings is 1. The zero-order chi connectivity index (χ0) is 19.4. The van der Waals surface area contributed by atoms with Gasteiger partial charge in [0.05, 0.1) is 17.6 Å². The van der Waals surface area contributed by atoms with Crippen LogP contribution in [0.1, 0.15) is 12.5 Å². The Bertz CT molecular complexity index is 972. The fraction of sp³-hybridized carbons (Fsp3) is 0.222. The molecule has 0 aliphatic heterocycles. The quantitative estimate of drug-likeness (QED) is 0.615. The maximum Gasteiger partial charge on any atom is 0.241 e. The molecule has 0 aliphatic rings. The Hall–Kier alpha value is -3.49. The summed E-state index contributed by atoms with van der Waals surface area (Å²) in [6.45, 7) is 4.33. The summed E-state index contributed by atoms with van der Waals surface area (Å²) >= 11 is 0. The summed E-state index contributed by atoms with van der Waals surface area (Å²) in [7, 11) is 0. The first-order valence-corrected chi connectivity index (χ1v) is 8.35. The third-order valence-electron chi connectivity index (χ3n) is 3.76. The largest absolute Gasteiger partial charge is 0.505 e. The molecule has 0 atom stereocenters. The Labute approximate surface area is 155 Å². The maximum atomic E-state index is 13.7.